The van der Waals surface area contributed by atoms with Crippen LogP contribution in [0, 0.1) is 0 Å². The summed E-state index contributed by atoms with van der Waals surface area (Å²) in [6, 6.07) is 5.79. The van der Waals surface area contributed by atoms with Crippen molar-refractivity contribution < 1.29 is 14.8 Å². The molecule has 0 spiro atoms. The van der Waals surface area contributed by atoms with E-state index in [0.29, 0.717) is 24.3 Å². The van der Waals surface area contributed by atoms with E-state index in [4.69, 9.17) is 4.65 Å². The molecule has 0 fully saturated rings. The Morgan fingerprint density at radius 2 is 2.26 bits per heavy atom. The van der Waals surface area contributed by atoms with Crippen LogP contribution in [0.4, 0.5) is 0 Å². The van der Waals surface area contributed by atoms with Crippen LogP contribution in [0.3, 0.4) is 0 Å². The maximum Gasteiger partial charge on any atom is 0.492 e. The van der Waals surface area contributed by atoms with Gasteiger partial charge in [0.05, 0.1) is 11.5 Å². The highest BCUT2D eigenvalue weighted by molar-refractivity contribution is 7.09. The molecule has 0 bridgehead atoms. The lowest BCUT2D eigenvalue weighted by molar-refractivity contribution is 0.275. The van der Waals surface area contributed by atoms with Gasteiger partial charge in [-0.25, -0.2) is 0 Å². The molecular formula is C12H12BNO4S. The van der Waals surface area contributed by atoms with Gasteiger partial charge < -0.3 is 14.8 Å². The van der Waals surface area contributed by atoms with E-state index in [-0.39, 0.29) is 10.8 Å². The molecule has 0 amide bonds. The summed E-state index contributed by atoms with van der Waals surface area (Å²) in [7, 11) is -0.871. The quantitative estimate of drug-likeness (QED) is 0.697. The summed E-state index contributed by atoms with van der Waals surface area (Å²) in [6.45, 7) is 0.424. The molecule has 7 heteroatoms. The van der Waals surface area contributed by atoms with E-state index in [1.54, 1.807) is 0 Å². The van der Waals surface area contributed by atoms with Crippen molar-refractivity contribution in [3.63, 3.8) is 0 Å². The third kappa shape index (κ3) is 2.32. The first-order valence-corrected chi connectivity index (χ1v) is 6.78. The molecule has 0 radical (unpaired) electrons. The van der Waals surface area contributed by atoms with Crippen LogP contribution in [0.1, 0.15) is 16.0 Å². The molecule has 19 heavy (non-hydrogen) atoms. The number of fused-ring (bicyclic) bond motifs is 1. The first-order chi connectivity index (χ1) is 9.15. The zero-order chi connectivity index (χ0) is 13.4. The predicted molar refractivity (Wildman–Crippen MR) is 72.9 cm³/mol. The van der Waals surface area contributed by atoms with E-state index in [0.717, 1.165) is 27.9 Å². The number of nitrogens with one attached hydrogen (secondary N) is 1. The van der Waals surface area contributed by atoms with E-state index in [2.05, 4.69) is 4.98 Å². The van der Waals surface area contributed by atoms with Crippen LogP contribution in [-0.4, -0.2) is 22.2 Å². The van der Waals surface area contributed by atoms with Crippen LogP contribution in [0.15, 0.2) is 23.0 Å². The smallest absolute Gasteiger partial charge is 0.492 e. The molecule has 1 aromatic carbocycles. The number of aromatic amines is 1. The number of aromatic hydroxyl groups is 1. The molecule has 2 heterocycles. The Morgan fingerprint density at radius 3 is 3.00 bits per heavy atom. The summed E-state index contributed by atoms with van der Waals surface area (Å²) in [5, 5.41) is 19.3. The Bertz CT molecular complexity index is 666. The topological polar surface area (TPSA) is 82.6 Å². The van der Waals surface area contributed by atoms with Crippen LogP contribution in [0.5, 0.6) is 5.88 Å². The number of thiazole rings is 1. The van der Waals surface area contributed by atoms with Crippen LogP contribution < -0.4 is 10.3 Å². The van der Waals surface area contributed by atoms with Crippen LogP contribution in [-0.2, 0) is 24.1 Å². The van der Waals surface area contributed by atoms with Crippen molar-refractivity contribution >= 4 is 23.9 Å². The summed E-state index contributed by atoms with van der Waals surface area (Å²) in [5.74, 6) is -0.0561. The Hall–Kier alpha value is -1.57. The van der Waals surface area contributed by atoms with Gasteiger partial charge in [-0.1, -0.05) is 29.5 Å². The Kier molecular flexibility index (Phi) is 3.18. The lowest BCUT2D eigenvalue weighted by Gasteiger charge is -2.07. The molecule has 2 aromatic rings. The molecule has 1 aliphatic rings. The summed E-state index contributed by atoms with van der Waals surface area (Å²) in [4.78, 5) is 13.8. The van der Waals surface area contributed by atoms with Crippen molar-refractivity contribution in [3.8, 4) is 5.88 Å². The van der Waals surface area contributed by atoms with E-state index in [9.17, 15) is 14.9 Å². The summed E-state index contributed by atoms with van der Waals surface area (Å²) in [5.41, 5.74) is 2.81. The van der Waals surface area contributed by atoms with Gasteiger partial charge in [-0.3, -0.25) is 9.78 Å². The van der Waals surface area contributed by atoms with Crippen LogP contribution in [0.2, 0.25) is 0 Å². The predicted octanol–water partition coefficient (Wildman–Crippen LogP) is 0.145. The highest BCUT2D eigenvalue weighted by Gasteiger charge is 2.29. The number of H-pyrrole nitrogens is 1. The first-order valence-electron chi connectivity index (χ1n) is 5.96. The molecule has 0 atom stereocenters. The van der Waals surface area contributed by atoms with Crippen molar-refractivity contribution in [2.45, 2.75) is 19.4 Å². The number of benzene rings is 1. The molecule has 98 valence electrons. The minimum Gasteiger partial charge on any atom is -0.494 e. The Labute approximate surface area is 113 Å². The third-order valence-electron chi connectivity index (χ3n) is 3.25. The highest BCUT2D eigenvalue weighted by atomic mass is 32.1. The molecule has 5 nitrogen and oxygen atoms in total. The maximum absolute atomic E-state index is 11.1. The minimum atomic E-state index is -0.871. The number of hydrogen-bond donors (Lipinski definition) is 3. The van der Waals surface area contributed by atoms with E-state index in [1.807, 2.05) is 18.2 Å². The lowest BCUT2D eigenvalue weighted by Crippen LogP contribution is -2.31. The SMILES string of the molecule is O=c1[nH]c(O)c(CCc2cccc3c2B(O)OC3)s1. The molecule has 3 rings (SSSR count). The zero-order valence-corrected chi connectivity index (χ0v) is 10.9. The number of rotatable bonds is 3. The van der Waals surface area contributed by atoms with Crippen molar-refractivity contribution in [1.29, 1.82) is 0 Å². The molecular weight excluding hydrogens is 265 g/mol. The van der Waals surface area contributed by atoms with E-state index >= 15 is 0 Å². The van der Waals surface area contributed by atoms with Crippen LogP contribution >= 0.6 is 11.3 Å². The molecule has 0 unspecified atom stereocenters. The van der Waals surface area contributed by atoms with Crippen molar-refractivity contribution in [1.82, 2.24) is 4.98 Å². The first kappa shape index (κ1) is 12.5. The largest absolute Gasteiger partial charge is 0.494 e. The Balaban J connectivity index is 1.83. The second kappa shape index (κ2) is 4.84. The van der Waals surface area contributed by atoms with Gasteiger partial charge in [-0.2, -0.15) is 0 Å². The highest BCUT2D eigenvalue weighted by Crippen LogP contribution is 2.19. The van der Waals surface area contributed by atoms with Gasteiger partial charge in [-0.15, -0.1) is 0 Å². The van der Waals surface area contributed by atoms with Gasteiger partial charge >= 0.3 is 12.0 Å². The minimum absolute atomic E-state index is 0.0561. The van der Waals surface area contributed by atoms with Gasteiger partial charge in [0.15, 0.2) is 0 Å². The fraction of sp³-hybridized carbons (Fsp3) is 0.250. The van der Waals surface area contributed by atoms with Crippen molar-refractivity contribution in [2.24, 2.45) is 0 Å². The standard InChI is InChI=1S/C12H12BNO4S/c15-11-9(19-12(16)14-11)5-4-7-2-1-3-8-6-18-13(17)10(7)8/h1-3,15,17H,4-6H2,(H,14,16). The molecule has 1 aliphatic heterocycles. The number of aryl methyl sites for hydroxylation is 2. The van der Waals surface area contributed by atoms with Gasteiger partial charge in [-0.05, 0) is 29.4 Å². The molecule has 3 N–H and O–H groups in total. The van der Waals surface area contributed by atoms with E-state index in [1.165, 1.54) is 0 Å². The molecule has 0 saturated heterocycles. The lowest BCUT2D eigenvalue weighted by atomic mass is 9.75. The number of aromatic nitrogens is 1. The fourth-order valence-electron chi connectivity index (χ4n) is 2.35. The van der Waals surface area contributed by atoms with Crippen molar-refractivity contribution in [3.05, 3.63) is 43.9 Å². The van der Waals surface area contributed by atoms with Gasteiger partial charge in [0.2, 0.25) is 5.88 Å². The maximum atomic E-state index is 11.1. The summed E-state index contributed by atoms with van der Waals surface area (Å²) in [6.07, 6.45) is 1.20. The average molecular weight is 277 g/mol. The second-order valence-electron chi connectivity index (χ2n) is 4.44. The number of hydrogen-bond acceptors (Lipinski definition) is 5. The molecule has 0 aliphatic carbocycles. The summed E-state index contributed by atoms with van der Waals surface area (Å²) >= 11 is 1.01. The molecule has 0 saturated carbocycles. The average Bonchev–Trinajstić information content (AvgIpc) is 2.91. The van der Waals surface area contributed by atoms with Gasteiger partial charge in [0.25, 0.3) is 0 Å². The Morgan fingerprint density at radius 1 is 1.42 bits per heavy atom. The molecule has 1 aromatic heterocycles. The third-order valence-corrected chi connectivity index (χ3v) is 4.18. The second-order valence-corrected chi connectivity index (χ2v) is 5.51. The van der Waals surface area contributed by atoms with Crippen LogP contribution in [0.25, 0.3) is 0 Å². The summed E-state index contributed by atoms with van der Waals surface area (Å²) < 4.78 is 5.20. The van der Waals surface area contributed by atoms with Gasteiger partial charge in [0.1, 0.15) is 0 Å². The normalized spacial score (nSPS) is 13.8. The van der Waals surface area contributed by atoms with E-state index < -0.39 is 7.12 Å². The van der Waals surface area contributed by atoms with Crippen molar-refractivity contribution in [2.75, 3.05) is 0 Å². The van der Waals surface area contributed by atoms with Gasteiger partial charge in [0, 0.05) is 0 Å². The zero-order valence-electron chi connectivity index (χ0n) is 10.0. The monoisotopic (exact) mass is 277 g/mol. The fourth-order valence-corrected chi connectivity index (χ4v) is 3.07.